The van der Waals surface area contributed by atoms with Gasteiger partial charge in [0.1, 0.15) is 0 Å². The number of hydrogen-bond donors (Lipinski definition) is 2. The third-order valence-electron chi connectivity index (χ3n) is 9.79. The van der Waals surface area contributed by atoms with Crippen LogP contribution >= 0.6 is 0 Å². The number of amides is 1. The van der Waals surface area contributed by atoms with Crippen molar-refractivity contribution in [2.45, 2.75) is 196 Å². The summed E-state index contributed by atoms with van der Waals surface area (Å²) >= 11 is 0. The SMILES string of the molecule is CCCCCCC(=O)N(CCCCCO[Si](c1ccccc1)(c1ccccc1)C(C)(C)C)C(C)C.CCCCCCC(=O)O.CCCCCCNC(C)C. The highest BCUT2D eigenvalue weighted by Gasteiger charge is 2.49. The summed E-state index contributed by atoms with van der Waals surface area (Å²) in [6.45, 7) is 25.0. The minimum atomic E-state index is -2.45. The molecule has 0 aromatic heterocycles. The maximum atomic E-state index is 12.7. The number of carboxylic acids is 1. The van der Waals surface area contributed by atoms with Crippen molar-refractivity contribution in [3.8, 4) is 0 Å². The summed E-state index contributed by atoms with van der Waals surface area (Å²) in [4.78, 5) is 24.8. The van der Waals surface area contributed by atoms with Gasteiger partial charge in [-0.05, 0) is 74.3 Å². The molecule has 54 heavy (non-hydrogen) atoms. The molecule has 310 valence electrons. The zero-order valence-corrected chi connectivity index (χ0v) is 37.7. The molecule has 0 aliphatic carbocycles. The fourth-order valence-electron chi connectivity index (χ4n) is 6.71. The molecule has 1 amide bonds. The van der Waals surface area contributed by atoms with E-state index in [2.05, 4.69) is 140 Å². The first-order chi connectivity index (χ1) is 25.8. The highest BCUT2D eigenvalue weighted by Crippen LogP contribution is 2.36. The number of aliphatic carboxylic acids is 1. The third-order valence-corrected chi connectivity index (χ3v) is 14.8. The number of unbranched alkanes of at least 4 members (excludes halogenated alkanes) is 11. The molecule has 0 saturated carbocycles. The van der Waals surface area contributed by atoms with Gasteiger partial charge in [0.2, 0.25) is 5.91 Å². The van der Waals surface area contributed by atoms with Crippen LogP contribution in [0.25, 0.3) is 0 Å². The van der Waals surface area contributed by atoms with Crippen LogP contribution in [0.5, 0.6) is 0 Å². The summed E-state index contributed by atoms with van der Waals surface area (Å²) in [5.74, 6) is -0.356. The van der Waals surface area contributed by atoms with E-state index in [0.717, 1.165) is 64.5 Å². The molecule has 0 fully saturated rings. The lowest BCUT2D eigenvalue weighted by atomic mass is 10.1. The second kappa shape index (κ2) is 31.7. The Morgan fingerprint density at radius 3 is 1.56 bits per heavy atom. The van der Waals surface area contributed by atoms with E-state index in [-0.39, 0.29) is 11.1 Å². The van der Waals surface area contributed by atoms with Gasteiger partial charge < -0.3 is 19.7 Å². The molecule has 0 radical (unpaired) electrons. The summed E-state index contributed by atoms with van der Waals surface area (Å²) in [5, 5.41) is 14.3. The lowest BCUT2D eigenvalue weighted by molar-refractivity contribution is -0.137. The van der Waals surface area contributed by atoms with E-state index in [9.17, 15) is 9.59 Å². The molecule has 0 aliphatic rings. The highest BCUT2D eigenvalue weighted by molar-refractivity contribution is 6.99. The summed E-state index contributed by atoms with van der Waals surface area (Å²) < 4.78 is 7.00. The van der Waals surface area contributed by atoms with Gasteiger partial charge in [-0.25, -0.2) is 0 Å². The molecule has 2 N–H and O–H groups in total. The van der Waals surface area contributed by atoms with Crippen molar-refractivity contribution in [1.82, 2.24) is 10.2 Å². The monoisotopic (exact) mass is 769 g/mol. The fraction of sp³-hybridized carbons (Fsp3) is 0.702. The first kappa shape index (κ1) is 51.5. The van der Waals surface area contributed by atoms with Crippen LogP contribution in [0.2, 0.25) is 5.04 Å². The van der Waals surface area contributed by atoms with Crippen molar-refractivity contribution < 1.29 is 19.1 Å². The lowest BCUT2D eigenvalue weighted by Gasteiger charge is -2.43. The number of rotatable bonds is 26. The Morgan fingerprint density at radius 1 is 0.667 bits per heavy atom. The average Bonchev–Trinajstić information content (AvgIpc) is 3.13. The molecule has 2 aromatic rings. The van der Waals surface area contributed by atoms with Gasteiger partial charge in [-0.3, -0.25) is 9.59 Å². The average molecular weight is 769 g/mol. The minimum Gasteiger partial charge on any atom is -0.481 e. The zero-order valence-electron chi connectivity index (χ0n) is 36.7. The minimum absolute atomic E-state index is 0.00828. The predicted molar refractivity (Wildman–Crippen MR) is 237 cm³/mol. The second-order valence-corrected chi connectivity index (χ2v) is 20.7. The molecule has 0 spiro atoms. The van der Waals surface area contributed by atoms with E-state index in [0.29, 0.717) is 24.8 Å². The predicted octanol–water partition coefficient (Wildman–Crippen LogP) is 11.5. The summed E-state index contributed by atoms with van der Waals surface area (Å²) in [6.07, 6.45) is 18.4. The van der Waals surface area contributed by atoms with Crippen LogP contribution in [-0.2, 0) is 14.0 Å². The molecule has 0 unspecified atom stereocenters. The van der Waals surface area contributed by atoms with Crippen LogP contribution in [0.4, 0.5) is 0 Å². The number of nitrogens with zero attached hydrogens (tertiary/aromatic N) is 1. The van der Waals surface area contributed by atoms with Crippen LogP contribution in [0.1, 0.15) is 178 Å². The van der Waals surface area contributed by atoms with Gasteiger partial charge in [0.05, 0.1) is 0 Å². The number of carbonyl (C=O) groups excluding carboxylic acids is 1. The van der Waals surface area contributed by atoms with Gasteiger partial charge in [0.25, 0.3) is 8.32 Å². The summed E-state index contributed by atoms with van der Waals surface area (Å²) in [6, 6.07) is 22.6. The molecule has 0 saturated heterocycles. The van der Waals surface area contributed by atoms with Crippen LogP contribution in [0.3, 0.4) is 0 Å². The quantitative estimate of drug-likeness (QED) is 0.0736. The molecule has 7 heteroatoms. The molecule has 0 heterocycles. The van der Waals surface area contributed by atoms with Crippen molar-refractivity contribution in [2.24, 2.45) is 0 Å². The summed E-state index contributed by atoms with van der Waals surface area (Å²) in [5.41, 5.74) is 0. The largest absolute Gasteiger partial charge is 0.481 e. The third kappa shape index (κ3) is 22.8. The van der Waals surface area contributed by atoms with Gasteiger partial charge in [0, 0.05) is 38.1 Å². The molecule has 2 rings (SSSR count). The Kier molecular flexibility index (Phi) is 30.2. The van der Waals surface area contributed by atoms with Crippen LogP contribution in [0.15, 0.2) is 60.7 Å². The van der Waals surface area contributed by atoms with Crippen molar-refractivity contribution in [2.75, 3.05) is 19.7 Å². The number of carboxylic acid groups (broad SMARTS) is 1. The van der Waals surface area contributed by atoms with Gasteiger partial charge in [-0.1, -0.05) is 174 Å². The Morgan fingerprint density at radius 2 is 1.13 bits per heavy atom. The number of carbonyl (C=O) groups is 2. The van der Waals surface area contributed by atoms with Crippen LogP contribution in [0, 0.1) is 0 Å². The number of hydrogen-bond acceptors (Lipinski definition) is 4. The second-order valence-electron chi connectivity index (χ2n) is 16.4. The maximum Gasteiger partial charge on any atom is 0.303 e. The van der Waals surface area contributed by atoms with Crippen LogP contribution < -0.4 is 15.7 Å². The van der Waals surface area contributed by atoms with E-state index in [1.807, 2.05) is 0 Å². The normalized spacial score (nSPS) is 11.5. The Labute approximate surface area is 334 Å². The summed E-state index contributed by atoms with van der Waals surface area (Å²) in [7, 11) is -2.45. The Hall–Kier alpha value is -2.48. The van der Waals surface area contributed by atoms with Crippen molar-refractivity contribution >= 4 is 30.6 Å². The maximum absolute atomic E-state index is 12.7. The van der Waals surface area contributed by atoms with Gasteiger partial charge in [0.15, 0.2) is 0 Å². The molecular formula is C47H84N2O4Si. The zero-order chi connectivity index (χ0) is 40.7. The topological polar surface area (TPSA) is 78.9 Å². The van der Waals surface area contributed by atoms with Crippen molar-refractivity contribution in [3.63, 3.8) is 0 Å². The fourth-order valence-corrected chi connectivity index (χ4v) is 11.3. The van der Waals surface area contributed by atoms with Crippen molar-refractivity contribution in [1.29, 1.82) is 0 Å². The van der Waals surface area contributed by atoms with Gasteiger partial charge in [-0.15, -0.1) is 0 Å². The Balaban J connectivity index is 0.00000121. The smallest absolute Gasteiger partial charge is 0.303 e. The molecule has 0 atom stereocenters. The highest BCUT2D eigenvalue weighted by atomic mass is 28.4. The van der Waals surface area contributed by atoms with E-state index in [4.69, 9.17) is 9.53 Å². The van der Waals surface area contributed by atoms with Crippen molar-refractivity contribution in [3.05, 3.63) is 60.7 Å². The first-order valence-electron chi connectivity index (χ1n) is 21.8. The molecule has 0 aliphatic heterocycles. The molecule has 6 nitrogen and oxygen atoms in total. The standard InChI is InChI=1S/C31H49NO2Si.C9H21N.C7H14O2/c1-7-8-9-17-24-30(33)32(27(2)3)25-18-12-19-26-34-35(31(4,5)6,28-20-13-10-14-21-28)29-22-15-11-16-23-29;1-4-5-6-7-8-10-9(2)3;1-2-3-4-5-6-7(8)9/h10-11,13-16,20-23,27H,7-9,12,17-19,24-26H2,1-6H3;9-10H,4-8H2,1-3H3;2-6H2,1H3,(H,8,9). The van der Waals surface area contributed by atoms with E-state index >= 15 is 0 Å². The van der Waals surface area contributed by atoms with E-state index in [1.165, 1.54) is 61.9 Å². The van der Waals surface area contributed by atoms with Gasteiger partial charge in [-0.2, -0.15) is 0 Å². The first-order valence-corrected chi connectivity index (χ1v) is 23.7. The molecular weight excluding hydrogens is 685 g/mol. The van der Waals surface area contributed by atoms with Crippen LogP contribution in [-0.4, -0.2) is 62.0 Å². The van der Waals surface area contributed by atoms with E-state index in [1.54, 1.807) is 0 Å². The molecule has 2 aromatic carbocycles. The lowest BCUT2D eigenvalue weighted by Crippen LogP contribution is -2.66. The number of benzene rings is 2. The van der Waals surface area contributed by atoms with E-state index < -0.39 is 14.3 Å². The molecule has 0 bridgehead atoms. The number of nitrogens with one attached hydrogen (secondary N) is 1. The van der Waals surface area contributed by atoms with Gasteiger partial charge >= 0.3 is 5.97 Å². The Bertz CT molecular complexity index is 1130.